The molecular weight excluding hydrogens is 254 g/mol. The van der Waals surface area contributed by atoms with E-state index < -0.39 is 0 Å². The highest BCUT2D eigenvalue weighted by molar-refractivity contribution is 9.10. The fourth-order valence-electron chi connectivity index (χ4n) is 1.18. The average Bonchev–Trinajstić information content (AvgIpc) is 2.18. The lowest BCUT2D eigenvalue weighted by Crippen LogP contribution is -2.28. The number of terminal acetylenes is 1. The van der Waals surface area contributed by atoms with Crippen LogP contribution in [-0.2, 0) is 11.2 Å². The molecule has 0 fully saturated rings. The van der Waals surface area contributed by atoms with Crippen molar-refractivity contribution in [3.63, 3.8) is 0 Å². The van der Waals surface area contributed by atoms with E-state index in [2.05, 4.69) is 21.9 Å². The van der Waals surface area contributed by atoms with E-state index in [1.165, 1.54) is 0 Å². The van der Waals surface area contributed by atoms with Gasteiger partial charge in [-0.2, -0.15) is 0 Å². The fraction of sp³-hybridized carbons (Fsp3) is 0.250. The molecular formula is C12H12BrNO. The Bertz CT molecular complexity index is 395. The minimum Gasteiger partial charge on any atom is -0.334 e. The van der Waals surface area contributed by atoms with E-state index in [-0.39, 0.29) is 5.91 Å². The molecule has 2 nitrogen and oxygen atoms in total. The summed E-state index contributed by atoms with van der Waals surface area (Å²) in [7, 11) is 1.71. The predicted molar refractivity (Wildman–Crippen MR) is 64.3 cm³/mol. The molecule has 0 radical (unpaired) electrons. The molecule has 3 heteroatoms. The van der Waals surface area contributed by atoms with Crippen LogP contribution in [0, 0.1) is 12.3 Å². The van der Waals surface area contributed by atoms with Gasteiger partial charge in [0, 0.05) is 11.5 Å². The molecule has 0 atom stereocenters. The molecule has 0 heterocycles. The monoisotopic (exact) mass is 265 g/mol. The zero-order chi connectivity index (χ0) is 11.3. The third-order valence-electron chi connectivity index (χ3n) is 2.00. The van der Waals surface area contributed by atoms with Gasteiger partial charge in [0.2, 0.25) is 5.91 Å². The second-order valence-corrected chi connectivity index (χ2v) is 4.18. The van der Waals surface area contributed by atoms with Gasteiger partial charge in [-0.3, -0.25) is 4.79 Å². The molecule has 0 bridgehead atoms. The van der Waals surface area contributed by atoms with Crippen LogP contribution in [0.3, 0.4) is 0 Å². The van der Waals surface area contributed by atoms with E-state index in [4.69, 9.17) is 6.42 Å². The highest BCUT2D eigenvalue weighted by atomic mass is 79.9. The van der Waals surface area contributed by atoms with Gasteiger partial charge in [-0.15, -0.1) is 6.42 Å². The minimum atomic E-state index is 0.0334. The molecule has 0 saturated carbocycles. The summed E-state index contributed by atoms with van der Waals surface area (Å²) >= 11 is 3.36. The number of hydrogen-bond donors (Lipinski definition) is 0. The maximum atomic E-state index is 11.6. The Morgan fingerprint density at radius 1 is 1.60 bits per heavy atom. The Labute approximate surface area is 98.4 Å². The minimum absolute atomic E-state index is 0.0334. The molecule has 0 unspecified atom stereocenters. The van der Waals surface area contributed by atoms with Crippen molar-refractivity contribution in [2.45, 2.75) is 6.42 Å². The van der Waals surface area contributed by atoms with Crippen molar-refractivity contribution in [1.29, 1.82) is 0 Å². The van der Waals surface area contributed by atoms with Gasteiger partial charge in [0.05, 0.1) is 13.0 Å². The van der Waals surface area contributed by atoms with Crippen LogP contribution in [0.25, 0.3) is 0 Å². The van der Waals surface area contributed by atoms with Crippen molar-refractivity contribution in [1.82, 2.24) is 4.90 Å². The predicted octanol–water partition coefficient (Wildman–Crippen LogP) is 2.08. The molecule has 1 rings (SSSR count). The molecule has 0 N–H and O–H groups in total. The van der Waals surface area contributed by atoms with Gasteiger partial charge in [-0.25, -0.2) is 0 Å². The third-order valence-corrected chi connectivity index (χ3v) is 2.49. The molecule has 0 aliphatic heterocycles. The molecule has 1 aromatic rings. The average molecular weight is 266 g/mol. The van der Waals surface area contributed by atoms with Crippen LogP contribution >= 0.6 is 15.9 Å². The molecule has 0 aliphatic rings. The summed E-state index contributed by atoms with van der Waals surface area (Å²) in [5.41, 5.74) is 0.984. The molecule has 0 spiro atoms. The Kier molecular flexibility index (Phi) is 4.38. The summed E-state index contributed by atoms with van der Waals surface area (Å²) < 4.78 is 0.979. The van der Waals surface area contributed by atoms with E-state index in [1.807, 2.05) is 24.3 Å². The van der Waals surface area contributed by atoms with Crippen LogP contribution in [-0.4, -0.2) is 24.4 Å². The Morgan fingerprint density at radius 3 is 2.93 bits per heavy atom. The number of amides is 1. The van der Waals surface area contributed by atoms with E-state index >= 15 is 0 Å². The SMILES string of the molecule is C#CCN(C)C(=O)Cc1cccc(Br)c1. The van der Waals surface area contributed by atoms with Crippen LogP contribution in [0.5, 0.6) is 0 Å². The fourth-order valence-corrected chi connectivity index (χ4v) is 1.63. The number of carbonyl (C=O) groups is 1. The van der Waals surface area contributed by atoms with Gasteiger partial charge in [0.25, 0.3) is 0 Å². The van der Waals surface area contributed by atoms with Gasteiger partial charge >= 0.3 is 0 Å². The summed E-state index contributed by atoms with van der Waals surface area (Å²) in [6.45, 7) is 0.354. The lowest BCUT2D eigenvalue weighted by atomic mass is 10.1. The first-order valence-electron chi connectivity index (χ1n) is 4.55. The Hall–Kier alpha value is -1.27. The number of benzene rings is 1. The standard InChI is InChI=1S/C12H12BrNO/c1-3-7-14(2)12(15)9-10-5-4-6-11(13)8-10/h1,4-6,8H,7,9H2,2H3. The van der Waals surface area contributed by atoms with E-state index in [9.17, 15) is 4.79 Å². The largest absolute Gasteiger partial charge is 0.334 e. The van der Waals surface area contributed by atoms with Crippen molar-refractivity contribution in [3.8, 4) is 12.3 Å². The lowest BCUT2D eigenvalue weighted by molar-refractivity contribution is -0.128. The van der Waals surface area contributed by atoms with Crippen molar-refractivity contribution < 1.29 is 4.79 Å². The zero-order valence-corrected chi connectivity index (χ0v) is 10.1. The zero-order valence-electron chi connectivity index (χ0n) is 8.53. The Morgan fingerprint density at radius 2 is 2.33 bits per heavy atom. The number of nitrogens with zero attached hydrogens (tertiary/aromatic N) is 1. The first kappa shape index (κ1) is 11.8. The highest BCUT2D eigenvalue weighted by Gasteiger charge is 2.08. The summed E-state index contributed by atoms with van der Waals surface area (Å²) in [6.07, 6.45) is 5.52. The first-order valence-corrected chi connectivity index (χ1v) is 5.34. The van der Waals surface area contributed by atoms with E-state index in [0.717, 1.165) is 10.0 Å². The number of rotatable bonds is 3. The number of carbonyl (C=O) groups excluding carboxylic acids is 1. The normalized spacial score (nSPS) is 9.40. The van der Waals surface area contributed by atoms with Gasteiger partial charge in [0.15, 0.2) is 0 Å². The van der Waals surface area contributed by atoms with Crippen LogP contribution in [0.1, 0.15) is 5.56 Å². The first-order chi connectivity index (χ1) is 7.13. The summed E-state index contributed by atoms with van der Waals surface area (Å²) in [4.78, 5) is 13.2. The number of halogens is 1. The second-order valence-electron chi connectivity index (χ2n) is 3.26. The lowest BCUT2D eigenvalue weighted by Gasteiger charge is -2.13. The smallest absolute Gasteiger partial charge is 0.227 e. The summed E-state index contributed by atoms with van der Waals surface area (Å²) in [5, 5.41) is 0. The number of likely N-dealkylation sites (N-methyl/N-ethyl adjacent to an activating group) is 1. The van der Waals surface area contributed by atoms with Crippen LogP contribution in [0.2, 0.25) is 0 Å². The quantitative estimate of drug-likeness (QED) is 0.767. The summed E-state index contributed by atoms with van der Waals surface area (Å²) in [5.74, 6) is 2.47. The molecule has 1 aromatic carbocycles. The van der Waals surface area contributed by atoms with E-state index in [1.54, 1.807) is 11.9 Å². The second kappa shape index (κ2) is 5.57. The molecule has 78 valence electrons. The van der Waals surface area contributed by atoms with Crippen LogP contribution in [0.4, 0.5) is 0 Å². The topological polar surface area (TPSA) is 20.3 Å². The molecule has 1 amide bonds. The van der Waals surface area contributed by atoms with Gasteiger partial charge in [-0.05, 0) is 17.7 Å². The van der Waals surface area contributed by atoms with E-state index in [0.29, 0.717) is 13.0 Å². The van der Waals surface area contributed by atoms with Crippen LogP contribution in [0.15, 0.2) is 28.7 Å². The van der Waals surface area contributed by atoms with Gasteiger partial charge in [-0.1, -0.05) is 34.0 Å². The highest BCUT2D eigenvalue weighted by Crippen LogP contribution is 2.12. The molecule has 0 saturated heterocycles. The molecule has 0 aromatic heterocycles. The molecule has 0 aliphatic carbocycles. The van der Waals surface area contributed by atoms with Gasteiger partial charge < -0.3 is 4.90 Å². The van der Waals surface area contributed by atoms with Crippen molar-refractivity contribution in [3.05, 3.63) is 34.3 Å². The Balaban J connectivity index is 2.63. The molecule has 15 heavy (non-hydrogen) atoms. The van der Waals surface area contributed by atoms with Crippen molar-refractivity contribution >= 4 is 21.8 Å². The van der Waals surface area contributed by atoms with Crippen molar-refractivity contribution in [2.24, 2.45) is 0 Å². The summed E-state index contributed by atoms with van der Waals surface area (Å²) in [6, 6.07) is 7.70. The van der Waals surface area contributed by atoms with Crippen molar-refractivity contribution in [2.75, 3.05) is 13.6 Å². The third kappa shape index (κ3) is 3.77. The van der Waals surface area contributed by atoms with Gasteiger partial charge in [0.1, 0.15) is 0 Å². The van der Waals surface area contributed by atoms with Crippen LogP contribution < -0.4 is 0 Å². The maximum Gasteiger partial charge on any atom is 0.227 e. The number of hydrogen-bond acceptors (Lipinski definition) is 1. The maximum absolute atomic E-state index is 11.6.